The van der Waals surface area contributed by atoms with Gasteiger partial charge in [-0.1, -0.05) is 53.8 Å². The molecule has 5 aromatic rings. The molecule has 0 N–H and O–H groups in total. The van der Waals surface area contributed by atoms with Gasteiger partial charge in [0, 0.05) is 29.0 Å². The molecule has 31 heavy (non-hydrogen) atoms. The van der Waals surface area contributed by atoms with E-state index in [1.165, 1.54) is 11.3 Å². The number of fused-ring (bicyclic) bond motifs is 3. The Morgan fingerprint density at radius 3 is 2.71 bits per heavy atom. The fourth-order valence-corrected chi connectivity index (χ4v) is 5.50. The number of aromatic nitrogens is 5. The van der Waals surface area contributed by atoms with Crippen molar-refractivity contribution >= 4 is 49.9 Å². The van der Waals surface area contributed by atoms with Gasteiger partial charge in [-0.25, -0.2) is 4.98 Å². The van der Waals surface area contributed by atoms with Gasteiger partial charge in [-0.15, -0.1) is 10.2 Å². The van der Waals surface area contributed by atoms with Crippen LogP contribution >= 0.6 is 34.7 Å². The lowest BCUT2D eigenvalue weighted by atomic mass is 10.2. The van der Waals surface area contributed by atoms with Crippen molar-refractivity contribution in [3.05, 3.63) is 75.7 Å². The maximum atomic E-state index is 12.7. The molecule has 0 radical (unpaired) electrons. The molecule has 0 aliphatic rings. The van der Waals surface area contributed by atoms with Crippen LogP contribution in [0.25, 0.3) is 26.6 Å². The molecule has 0 saturated heterocycles. The summed E-state index contributed by atoms with van der Waals surface area (Å²) in [6.07, 6.45) is 0.958. The van der Waals surface area contributed by atoms with Crippen molar-refractivity contribution in [3.8, 4) is 11.4 Å². The highest BCUT2D eigenvalue weighted by atomic mass is 35.5. The van der Waals surface area contributed by atoms with E-state index in [2.05, 4.69) is 21.7 Å². The summed E-state index contributed by atoms with van der Waals surface area (Å²) in [5.74, 6) is 1.36. The zero-order chi connectivity index (χ0) is 21.4. The molecule has 2 aromatic carbocycles. The molecule has 0 aliphatic heterocycles. The van der Waals surface area contributed by atoms with Crippen molar-refractivity contribution in [2.24, 2.45) is 0 Å². The van der Waals surface area contributed by atoms with E-state index < -0.39 is 0 Å². The molecule has 6 nitrogen and oxygen atoms in total. The summed E-state index contributed by atoms with van der Waals surface area (Å²) in [6.45, 7) is 2.93. The van der Waals surface area contributed by atoms with Gasteiger partial charge in [-0.05, 0) is 42.8 Å². The van der Waals surface area contributed by atoms with Crippen molar-refractivity contribution in [2.75, 3.05) is 0 Å². The smallest absolute Gasteiger partial charge is 0.259 e. The van der Waals surface area contributed by atoms with Gasteiger partial charge in [-0.2, -0.15) is 0 Å². The highest BCUT2D eigenvalue weighted by Gasteiger charge is 2.15. The van der Waals surface area contributed by atoms with Crippen molar-refractivity contribution in [1.29, 1.82) is 0 Å². The monoisotopic (exact) mass is 467 g/mol. The predicted molar refractivity (Wildman–Crippen MR) is 127 cm³/mol. The van der Waals surface area contributed by atoms with Crippen LogP contribution in [0, 0.1) is 0 Å². The molecule has 156 valence electrons. The molecule has 9 heteroatoms. The number of halogens is 1. The molecule has 0 atom stereocenters. The van der Waals surface area contributed by atoms with Crippen molar-refractivity contribution in [1.82, 2.24) is 24.1 Å². The van der Waals surface area contributed by atoms with Crippen LogP contribution in [0.5, 0.6) is 0 Å². The predicted octanol–water partition coefficient (Wildman–Crippen LogP) is 5.52. The van der Waals surface area contributed by atoms with Crippen LogP contribution in [0.4, 0.5) is 0 Å². The quantitative estimate of drug-likeness (QED) is 0.307. The van der Waals surface area contributed by atoms with E-state index in [-0.39, 0.29) is 5.56 Å². The summed E-state index contributed by atoms with van der Waals surface area (Å²) < 4.78 is 4.83. The molecular weight excluding hydrogens is 450 g/mol. The first-order valence-corrected chi connectivity index (χ1v) is 12.0. The number of thioether (sulfide) groups is 1. The lowest BCUT2D eigenvalue weighted by Gasteiger charge is -2.09. The van der Waals surface area contributed by atoms with E-state index in [0.29, 0.717) is 15.7 Å². The van der Waals surface area contributed by atoms with Crippen LogP contribution < -0.4 is 5.56 Å². The Morgan fingerprint density at radius 1 is 1.10 bits per heavy atom. The average molecular weight is 468 g/mol. The number of hydrogen-bond donors (Lipinski definition) is 0. The molecular formula is C22H18ClN5OS2. The first-order chi connectivity index (χ1) is 15.1. The number of benzene rings is 2. The summed E-state index contributed by atoms with van der Waals surface area (Å²) >= 11 is 9.09. The molecule has 0 amide bonds. The lowest BCUT2D eigenvalue weighted by Crippen LogP contribution is -2.13. The largest absolute Gasteiger partial charge is 0.302 e. The van der Waals surface area contributed by atoms with Crippen LogP contribution in [-0.4, -0.2) is 24.1 Å². The fraction of sp³-hybridized carbons (Fsp3) is 0.182. The summed E-state index contributed by atoms with van der Waals surface area (Å²) in [5, 5.41) is 10.3. The van der Waals surface area contributed by atoms with Crippen molar-refractivity contribution in [3.63, 3.8) is 0 Å². The number of thiazole rings is 1. The molecule has 3 heterocycles. The Kier molecular flexibility index (Phi) is 5.52. The Bertz CT molecular complexity index is 1440. The summed E-state index contributed by atoms with van der Waals surface area (Å²) in [4.78, 5) is 18.2. The third-order valence-corrected chi connectivity index (χ3v) is 7.14. The molecule has 5 rings (SSSR count). The second kappa shape index (κ2) is 8.45. The van der Waals surface area contributed by atoms with Gasteiger partial charge in [0.15, 0.2) is 15.9 Å². The number of para-hydroxylation sites is 1. The van der Waals surface area contributed by atoms with Gasteiger partial charge < -0.3 is 4.57 Å². The maximum absolute atomic E-state index is 12.7. The summed E-state index contributed by atoms with van der Waals surface area (Å²) in [6, 6.07) is 17.1. The minimum Gasteiger partial charge on any atom is -0.302 e. The van der Waals surface area contributed by atoms with Gasteiger partial charge in [-0.3, -0.25) is 9.20 Å². The Balaban J connectivity index is 1.45. The highest BCUT2D eigenvalue weighted by molar-refractivity contribution is 7.98. The van der Waals surface area contributed by atoms with E-state index in [4.69, 9.17) is 16.6 Å². The summed E-state index contributed by atoms with van der Waals surface area (Å²) in [7, 11) is 0. The van der Waals surface area contributed by atoms with E-state index in [9.17, 15) is 4.79 Å². The molecule has 3 aromatic heterocycles. The van der Waals surface area contributed by atoms with Crippen LogP contribution in [0.2, 0.25) is 5.02 Å². The van der Waals surface area contributed by atoms with Gasteiger partial charge in [0.05, 0.1) is 15.9 Å². The molecule has 0 saturated carbocycles. The van der Waals surface area contributed by atoms with Gasteiger partial charge in [0.1, 0.15) is 0 Å². The molecule has 0 spiro atoms. The van der Waals surface area contributed by atoms with Crippen molar-refractivity contribution in [2.45, 2.75) is 30.8 Å². The first kappa shape index (κ1) is 20.2. The second-order valence-corrected chi connectivity index (χ2v) is 9.41. The molecule has 0 fully saturated rings. The summed E-state index contributed by atoms with van der Waals surface area (Å²) in [5.41, 5.74) is 2.55. The molecule has 0 aliphatic carbocycles. The molecule has 0 unspecified atom stereocenters. The highest BCUT2D eigenvalue weighted by Crippen LogP contribution is 2.28. The van der Waals surface area contributed by atoms with Crippen LogP contribution in [0.1, 0.15) is 19.0 Å². The third-order valence-electron chi connectivity index (χ3n) is 4.86. The van der Waals surface area contributed by atoms with Gasteiger partial charge in [0.2, 0.25) is 0 Å². The number of nitrogens with zero attached hydrogens (tertiary/aromatic N) is 5. The van der Waals surface area contributed by atoms with Crippen LogP contribution in [0.3, 0.4) is 0 Å². The van der Waals surface area contributed by atoms with E-state index in [1.54, 1.807) is 22.2 Å². The van der Waals surface area contributed by atoms with E-state index >= 15 is 0 Å². The standard InChI is InChI=1S/C22H18ClN5OS2/c1-2-11-27-20(14-7-9-15(23)10-8-14)25-26-22(27)30-13-16-12-19(29)28-17-5-3-4-6-18(17)31-21(28)24-16/h3-10,12H,2,11,13H2,1H3. The topological polar surface area (TPSA) is 65.1 Å². The van der Waals surface area contributed by atoms with E-state index in [0.717, 1.165) is 45.4 Å². The zero-order valence-electron chi connectivity index (χ0n) is 16.7. The zero-order valence-corrected chi connectivity index (χ0v) is 19.0. The Morgan fingerprint density at radius 2 is 1.90 bits per heavy atom. The number of hydrogen-bond acceptors (Lipinski definition) is 6. The van der Waals surface area contributed by atoms with Crippen LogP contribution in [-0.2, 0) is 12.3 Å². The fourth-order valence-electron chi connectivity index (χ4n) is 3.47. The van der Waals surface area contributed by atoms with Gasteiger partial charge in [0.25, 0.3) is 5.56 Å². The second-order valence-electron chi connectivity index (χ2n) is 7.03. The minimum atomic E-state index is -0.0603. The first-order valence-electron chi connectivity index (χ1n) is 9.86. The SMILES string of the molecule is CCCn1c(SCc2cc(=O)n3c(n2)sc2ccccc23)nnc1-c1ccc(Cl)cc1. The maximum Gasteiger partial charge on any atom is 0.259 e. The Labute approximate surface area is 191 Å². The molecule has 0 bridgehead atoms. The minimum absolute atomic E-state index is 0.0603. The lowest BCUT2D eigenvalue weighted by molar-refractivity contribution is 0.626. The average Bonchev–Trinajstić information content (AvgIpc) is 3.34. The third kappa shape index (κ3) is 3.86. The van der Waals surface area contributed by atoms with Gasteiger partial charge >= 0.3 is 0 Å². The number of rotatable bonds is 6. The van der Waals surface area contributed by atoms with Crippen molar-refractivity contribution < 1.29 is 0 Å². The Hall–Kier alpha value is -2.68. The van der Waals surface area contributed by atoms with Crippen LogP contribution in [0.15, 0.2) is 64.5 Å². The van der Waals surface area contributed by atoms with E-state index in [1.807, 2.05) is 48.5 Å². The normalized spacial score (nSPS) is 11.5.